The van der Waals surface area contributed by atoms with Gasteiger partial charge in [0.25, 0.3) is 0 Å². The first kappa shape index (κ1) is 20.3. The van der Waals surface area contributed by atoms with Gasteiger partial charge < -0.3 is 0 Å². The summed E-state index contributed by atoms with van der Waals surface area (Å²) in [7, 11) is -3.14. The van der Waals surface area contributed by atoms with Crippen molar-refractivity contribution in [3.8, 4) is 0 Å². The van der Waals surface area contributed by atoms with Crippen molar-refractivity contribution in [2.75, 3.05) is 0 Å². The van der Waals surface area contributed by atoms with Crippen molar-refractivity contribution < 1.29 is 4.57 Å². The van der Waals surface area contributed by atoms with Crippen LogP contribution in [0, 0.1) is 0 Å². The SMILES string of the molecule is CCC(NP(=O)(c1ccccc1)c1ccccc1)(c1ccccc1)c1ccccc1. The van der Waals surface area contributed by atoms with Gasteiger partial charge >= 0.3 is 0 Å². The van der Waals surface area contributed by atoms with Crippen molar-refractivity contribution in [1.29, 1.82) is 0 Å². The number of nitrogens with one attached hydrogen (secondary N) is 1. The Morgan fingerprint density at radius 3 is 1.27 bits per heavy atom. The second kappa shape index (κ2) is 8.83. The molecule has 30 heavy (non-hydrogen) atoms. The van der Waals surface area contributed by atoms with E-state index >= 15 is 0 Å². The number of rotatable bonds is 7. The standard InChI is InChI=1S/C27H26NOP/c1-2-27(23-15-7-3-8-16-23,24-17-9-4-10-18-24)28-30(29,25-19-11-5-12-20-25)26-21-13-6-14-22-26/h3-22H,2H2,1H3,(H,28,29). The van der Waals surface area contributed by atoms with Gasteiger partial charge in [0, 0.05) is 10.6 Å². The predicted octanol–water partition coefficient (Wildman–Crippen LogP) is 5.86. The van der Waals surface area contributed by atoms with Crippen LogP contribution in [0.15, 0.2) is 121 Å². The van der Waals surface area contributed by atoms with Gasteiger partial charge in [-0.3, -0.25) is 4.57 Å². The van der Waals surface area contributed by atoms with Crippen molar-refractivity contribution in [2.24, 2.45) is 0 Å². The minimum atomic E-state index is -3.14. The molecule has 0 heterocycles. The van der Waals surface area contributed by atoms with Crippen molar-refractivity contribution in [3.05, 3.63) is 132 Å². The van der Waals surface area contributed by atoms with Crippen molar-refractivity contribution in [2.45, 2.75) is 18.9 Å². The van der Waals surface area contributed by atoms with Gasteiger partial charge in [-0.05, 0) is 41.8 Å². The Morgan fingerprint density at radius 2 is 0.933 bits per heavy atom. The molecular formula is C27H26NOP. The van der Waals surface area contributed by atoms with Crippen molar-refractivity contribution >= 4 is 17.9 Å². The van der Waals surface area contributed by atoms with E-state index in [0.29, 0.717) is 0 Å². The highest BCUT2D eigenvalue weighted by Crippen LogP contribution is 2.47. The van der Waals surface area contributed by atoms with E-state index < -0.39 is 12.8 Å². The number of hydrogen-bond donors (Lipinski definition) is 1. The van der Waals surface area contributed by atoms with Crippen LogP contribution in [0.4, 0.5) is 0 Å². The van der Waals surface area contributed by atoms with E-state index in [2.05, 4.69) is 36.3 Å². The molecule has 0 unspecified atom stereocenters. The van der Waals surface area contributed by atoms with Gasteiger partial charge in [-0.25, -0.2) is 5.09 Å². The zero-order valence-corrected chi connectivity index (χ0v) is 18.0. The fraction of sp³-hybridized carbons (Fsp3) is 0.111. The second-order valence-electron chi connectivity index (χ2n) is 7.38. The summed E-state index contributed by atoms with van der Waals surface area (Å²) in [6.07, 6.45) is 0.755. The predicted molar refractivity (Wildman–Crippen MR) is 127 cm³/mol. The average molecular weight is 411 g/mol. The topological polar surface area (TPSA) is 29.1 Å². The molecule has 0 atom stereocenters. The first-order valence-electron chi connectivity index (χ1n) is 10.3. The molecule has 150 valence electrons. The molecule has 1 N–H and O–H groups in total. The van der Waals surface area contributed by atoms with E-state index in [9.17, 15) is 4.57 Å². The molecule has 4 aromatic rings. The van der Waals surface area contributed by atoms with Crippen LogP contribution in [0.3, 0.4) is 0 Å². The third-order valence-corrected chi connectivity index (χ3v) is 8.40. The number of benzene rings is 4. The minimum absolute atomic E-state index is 0.594. The first-order chi connectivity index (χ1) is 14.7. The molecule has 0 spiro atoms. The molecule has 0 radical (unpaired) electrons. The highest BCUT2D eigenvalue weighted by molar-refractivity contribution is 7.77. The molecule has 0 aliphatic carbocycles. The lowest BCUT2D eigenvalue weighted by Gasteiger charge is -2.39. The van der Waals surface area contributed by atoms with Crippen LogP contribution in [-0.2, 0) is 10.1 Å². The van der Waals surface area contributed by atoms with E-state index in [0.717, 1.165) is 28.2 Å². The fourth-order valence-electron chi connectivity index (χ4n) is 4.05. The van der Waals surface area contributed by atoms with Crippen LogP contribution in [-0.4, -0.2) is 0 Å². The third-order valence-electron chi connectivity index (χ3n) is 5.65. The molecule has 3 heteroatoms. The lowest BCUT2D eigenvalue weighted by Crippen LogP contribution is -2.45. The molecule has 0 aliphatic rings. The van der Waals surface area contributed by atoms with Crippen molar-refractivity contribution in [3.63, 3.8) is 0 Å². The molecule has 0 amide bonds. The summed E-state index contributed by atoms with van der Waals surface area (Å²) in [5.41, 5.74) is 1.61. The molecule has 0 saturated carbocycles. The Balaban J connectivity index is 1.96. The summed E-state index contributed by atoms with van der Waals surface area (Å²) in [6.45, 7) is 2.15. The van der Waals surface area contributed by atoms with Crippen molar-refractivity contribution in [1.82, 2.24) is 5.09 Å². The van der Waals surface area contributed by atoms with Gasteiger partial charge in [0.1, 0.15) is 0 Å². The Morgan fingerprint density at radius 1 is 0.600 bits per heavy atom. The molecule has 0 fully saturated rings. The van der Waals surface area contributed by atoms with Crippen LogP contribution in [0.25, 0.3) is 0 Å². The van der Waals surface area contributed by atoms with E-state index in [4.69, 9.17) is 0 Å². The Kier molecular flexibility index (Phi) is 5.99. The lowest BCUT2D eigenvalue weighted by atomic mass is 9.82. The van der Waals surface area contributed by atoms with Crippen LogP contribution >= 0.6 is 7.29 Å². The average Bonchev–Trinajstić information content (AvgIpc) is 2.85. The highest BCUT2D eigenvalue weighted by Gasteiger charge is 2.40. The van der Waals surface area contributed by atoms with Gasteiger partial charge in [0.15, 0.2) is 0 Å². The Hall–Kier alpha value is -2.93. The Labute approximate surface area is 179 Å². The van der Waals surface area contributed by atoms with Gasteiger partial charge in [0.2, 0.25) is 7.29 Å². The molecule has 4 aromatic carbocycles. The van der Waals surface area contributed by atoms with Crippen LogP contribution in [0.2, 0.25) is 0 Å². The van der Waals surface area contributed by atoms with Gasteiger partial charge in [-0.1, -0.05) is 104 Å². The summed E-state index contributed by atoms with van der Waals surface area (Å²) >= 11 is 0. The van der Waals surface area contributed by atoms with Crippen LogP contribution in [0.1, 0.15) is 24.5 Å². The van der Waals surface area contributed by atoms with Crippen LogP contribution < -0.4 is 15.7 Å². The molecule has 0 aliphatic heterocycles. The summed E-state index contributed by atoms with van der Waals surface area (Å²) in [6, 6.07) is 40.2. The maximum Gasteiger partial charge on any atom is 0.205 e. The fourth-order valence-corrected chi connectivity index (χ4v) is 6.75. The van der Waals surface area contributed by atoms with Gasteiger partial charge in [-0.15, -0.1) is 0 Å². The summed E-state index contributed by atoms with van der Waals surface area (Å²) < 4.78 is 14.8. The van der Waals surface area contributed by atoms with Crippen LogP contribution in [0.5, 0.6) is 0 Å². The molecular weight excluding hydrogens is 385 g/mol. The first-order valence-corrected chi connectivity index (χ1v) is 12.0. The number of hydrogen-bond acceptors (Lipinski definition) is 1. The largest absolute Gasteiger partial charge is 0.296 e. The molecule has 2 nitrogen and oxygen atoms in total. The van der Waals surface area contributed by atoms with E-state index in [1.165, 1.54) is 0 Å². The summed E-state index contributed by atoms with van der Waals surface area (Å²) in [5.74, 6) is 0. The maximum atomic E-state index is 14.8. The lowest BCUT2D eigenvalue weighted by molar-refractivity contribution is 0.457. The monoisotopic (exact) mass is 411 g/mol. The molecule has 4 rings (SSSR count). The molecule has 0 bridgehead atoms. The molecule has 0 aromatic heterocycles. The quantitative estimate of drug-likeness (QED) is 0.386. The maximum absolute atomic E-state index is 14.8. The highest BCUT2D eigenvalue weighted by atomic mass is 31.2. The molecule has 0 saturated heterocycles. The van der Waals surface area contributed by atoms with Gasteiger partial charge in [-0.2, -0.15) is 0 Å². The second-order valence-corrected chi connectivity index (χ2v) is 9.86. The van der Waals surface area contributed by atoms with E-state index in [-0.39, 0.29) is 0 Å². The third kappa shape index (κ3) is 3.77. The van der Waals surface area contributed by atoms with Gasteiger partial charge in [0.05, 0.1) is 5.54 Å². The zero-order valence-electron chi connectivity index (χ0n) is 17.1. The smallest absolute Gasteiger partial charge is 0.205 e. The van der Waals surface area contributed by atoms with E-state index in [1.54, 1.807) is 0 Å². The minimum Gasteiger partial charge on any atom is -0.296 e. The van der Waals surface area contributed by atoms with E-state index in [1.807, 2.05) is 97.1 Å². The Bertz CT molecular complexity index is 1030. The normalized spacial score (nSPS) is 11.9. The summed E-state index contributed by atoms with van der Waals surface area (Å²) in [5, 5.41) is 5.33. The zero-order chi connectivity index (χ0) is 20.9. The summed E-state index contributed by atoms with van der Waals surface area (Å²) in [4.78, 5) is 0.